The lowest BCUT2D eigenvalue weighted by Gasteiger charge is -2.12. The highest BCUT2D eigenvalue weighted by molar-refractivity contribution is 6.31. The average molecular weight is 405 g/mol. The van der Waals surface area contributed by atoms with Crippen molar-refractivity contribution in [2.75, 3.05) is 25.6 Å². The third-order valence-electron chi connectivity index (χ3n) is 3.75. The lowest BCUT2D eigenvalue weighted by molar-refractivity contribution is -0.125. The van der Waals surface area contributed by atoms with Crippen LogP contribution in [0.4, 0.5) is 5.69 Å². The third kappa shape index (κ3) is 5.99. The van der Waals surface area contributed by atoms with E-state index in [2.05, 4.69) is 10.6 Å². The van der Waals surface area contributed by atoms with Crippen molar-refractivity contribution < 1.29 is 23.9 Å². The topological polar surface area (TPSA) is 93.7 Å². The molecule has 2 N–H and O–H groups in total. The maximum atomic E-state index is 12.1. The number of hydrogen-bond donors (Lipinski definition) is 2. The number of hydrogen-bond acceptors (Lipinski definition) is 5. The molecule has 2 aromatic rings. The molecule has 0 unspecified atom stereocenters. The molecule has 0 aliphatic carbocycles. The van der Waals surface area contributed by atoms with E-state index in [9.17, 15) is 14.4 Å². The maximum Gasteiger partial charge on any atom is 0.258 e. The zero-order chi connectivity index (χ0) is 20.7. The van der Waals surface area contributed by atoms with Crippen molar-refractivity contribution in [1.29, 1.82) is 0 Å². The Bertz CT molecular complexity index is 898. The van der Waals surface area contributed by atoms with Gasteiger partial charge in [0, 0.05) is 5.02 Å². The lowest BCUT2D eigenvalue weighted by Crippen LogP contribution is -2.36. The van der Waals surface area contributed by atoms with Crippen LogP contribution in [0.15, 0.2) is 36.4 Å². The molecule has 0 bridgehead atoms. The van der Waals surface area contributed by atoms with Gasteiger partial charge in [0.1, 0.15) is 11.5 Å². The summed E-state index contributed by atoms with van der Waals surface area (Å²) in [7, 11) is 1.51. The van der Waals surface area contributed by atoms with E-state index in [0.29, 0.717) is 16.5 Å². The summed E-state index contributed by atoms with van der Waals surface area (Å²) in [5.74, 6) is -0.373. The second kappa shape index (κ2) is 9.75. The van der Waals surface area contributed by atoms with Gasteiger partial charge in [-0.3, -0.25) is 14.4 Å². The van der Waals surface area contributed by atoms with Gasteiger partial charge in [-0.2, -0.15) is 0 Å². The van der Waals surface area contributed by atoms with E-state index in [4.69, 9.17) is 21.1 Å². The van der Waals surface area contributed by atoms with Crippen LogP contribution in [0.3, 0.4) is 0 Å². The average Bonchev–Trinajstić information content (AvgIpc) is 2.65. The summed E-state index contributed by atoms with van der Waals surface area (Å²) in [6.07, 6.45) is 0. The molecule has 148 valence electrons. The summed E-state index contributed by atoms with van der Waals surface area (Å²) in [5.41, 5.74) is 1.76. The molecular weight excluding hydrogens is 384 g/mol. The minimum absolute atomic E-state index is 0.232. The highest BCUT2D eigenvalue weighted by Crippen LogP contribution is 2.25. The highest BCUT2D eigenvalue weighted by atomic mass is 35.5. The molecule has 0 aromatic heterocycles. The van der Waals surface area contributed by atoms with Crippen LogP contribution in [0.5, 0.6) is 11.5 Å². The molecule has 2 rings (SSSR count). The Morgan fingerprint density at radius 1 is 1.04 bits per heavy atom. The van der Waals surface area contributed by atoms with Crippen LogP contribution < -0.4 is 20.1 Å². The number of ether oxygens (including phenoxy) is 2. The molecule has 0 radical (unpaired) electrons. The summed E-state index contributed by atoms with van der Waals surface area (Å²) in [4.78, 5) is 35.6. The van der Waals surface area contributed by atoms with Crippen molar-refractivity contribution in [3.8, 4) is 11.5 Å². The largest absolute Gasteiger partial charge is 0.495 e. The summed E-state index contributed by atoms with van der Waals surface area (Å²) >= 11 is 5.87. The van der Waals surface area contributed by atoms with Gasteiger partial charge in [-0.15, -0.1) is 0 Å². The van der Waals surface area contributed by atoms with Crippen LogP contribution >= 0.6 is 11.6 Å². The van der Waals surface area contributed by atoms with Crippen molar-refractivity contribution >= 4 is 34.9 Å². The number of benzene rings is 2. The van der Waals surface area contributed by atoms with Crippen molar-refractivity contribution in [3.05, 3.63) is 52.5 Å². The predicted octanol–water partition coefficient (Wildman–Crippen LogP) is 2.99. The number of ketones is 1. The number of rotatable bonds is 8. The standard InChI is InChI=1S/C20H21ClN2O5/c1-12-4-6-18(27-3)16(8-12)23-19(25)10-22-20(26)11-28-17-7-5-14(21)9-15(17)13(2)24/h4-9H,10-11H2,1-3H3,(H,22,26)(H,23,25). The number of anilines is 1. The Morgan fingerprint density at radius 2 is 1.75 bits per heavy atom. The molecule has 7 nitrogen and oxygen atoms in total. The van der Waals surface area contributed by atoms with Gasteiger partial charge in [-0.25, -0.2) is 0 Å². The first-order chi connectivity index (χ1) is 13.3. The first-order valence-corrected chi connectivity index (χ1v) is 8.82. The molecule has 0 fully saturated rings. The first-order valence-electron chi connectivity index (χ1n) is 8.44. The van der Waals surface area contributed by atoms with E-state index >= 15 is 0 Å². The fourth-order valence-corrected chi connectivity index (χ4v) is 2.56. The monoisotopic (exact) mass is 404 g/mol. The first kappa shape index (κ1) is 21.2. The molecular formula is C20H21ClN2O5. The molecule has 8 heteroatoms. The molecule has 2 aromatic carbocycles. The molecule has 28 heavy (non-hydrogen) atoms. The van der Waals surface area contributed by atoms with E-state index in [1.807, 2.05) is 13.0 Å². The maximum absolute atomic E-state index is 12.1. The smallest absolute Gasteiger partial charge is 0.258 e. The van der Waals surface area contributed by atoms with Crippen molar-refractivity contribution in [2.45, 2.75) is 13.8 Å². The van der Waals surface area contributed by atoms with Gasteiger partial charge < -0.3 is 20.1 Å². The number of halogens is 1. The molecule has 0 aliphatic rings. The van der Waals surface area contributed by atoms with Gasteiger partial charge in [-0.05, 0) is 49.7 Å². The second-order valence-corrected chi connectivity index (χ2v) is 6.45. The number of aryl methyl sites for hydroxylation is 1. The predicted molar refractivity (Wildman–Crippen MR) is 106 cm³/mol. The van der Waals surface area contributed by atoms with Crippen LogP contribution in [-0.4, -0.2) is 37.9 Å². The number of carbonyl (C=O) groups is 3. The normalized spacial score (nSPS) is 10.1. The van der Waals surface area contributed by atoms with Gasteiger partial charge >= 0.3 is 0 Å². The molecule has 2 amide bonds. The van der Waals surface area contributed by atoms with E-state index in [1.165, 1.54) is 26.2 Å². The van der Waals surface area contributed by atoms with E-state index in [0.717, 1.165) is 5.56 Å². The van der Waals surface area contributed by atoms with Crippen molar-refractivity contribution in [1.82, 2.24) is 5.32 Å². The minimum atomic E-state index is -0.504. The number of amides is 2. The Balaban J connectivity index is 1.87. The Labute approximate surface area is 168 Å². The van der Waals surface area contributed by atoms with Gasteiger partial charge in [0.15, 0.2) is 12.4 Å². The summed E-state index contributed by atoms with van der Waals surface area (Å²) in [5, 5.41) is 5.53. The van der Waals surface area contributed by atoms with E-state index < -0.39 is 11.8 Å². The number of Topliss-reactive ketones (excluding diaryl/α,β-unsaturated/α-hetero) is 1. The number of carbonyl (C=O) groups excluding carboxylic acids is 3. The van der Waals surface area contributed by atoms with Gasteiger partial charge in [0.05, 0.1) is 24.9 Å². The van der Waals surface area contributed by atoms with Crippen molar-refractivity contribution in [3.63, 3.8) is 0 Å². The highest BCUT2D eigenvalue weighted by Gasteiger charge is 2.13. The molecule has 0 spiro atoms. The molecule has 0 atom stereocenters. The summed E-state index contributed by atoms with van der Waals surface area (Å²) in [6, 6.07) is 9.92. The Hall–Kier alpha value is -3.06. The molecule has 0 heterocycles. The van der Waals surface area contributed by atoms with Crippen LogP contribution in [0.1, 0.15) is 22.8 Å². The molecule has 0 saturated carbocycles. The molecule has 0 saturated heterocycles. The third-order valence-corrected chi connectivity index (χ3v) is 3.99. The summed E-state index contributed by atoms with van der Waals surface area (Å²) < 4.78 is 10.6. The van der Waals surface area contributed by atoms with Crippen LogP contribution in [0.2, 0.25) is 5.02 Å². The van der Waals surface area contributed by atoms with Gasteiger partial charge in [0.2, 0.25) is 5.91 Å². The lowest BCUT2D eigenvalue weighted by atomic mass is 10.1. The Morgan fingerprint density at radius 3 is 2.43 bits per heavy atom. The SMILES string of the molecule is COc1ccc(C)cc1NC(=O)CNC(=O)COc1ccc(Cl)cc1C(C)=O. The summed E-state index contributed by atoms with van der Waals surface area (Å²) in [6.45, 7) is 2.69. The zero-order valence-corrected chi connectivity index (χ0v) is 16.6. The number of methoxy groups -OCH3 is 1. The Kier molecular flexibility index (Phi) is 7.40. The van der Waals surface area contributed by atoms with Crippen LogP contribution in [0.25, 0.3) is 0 Å². The van der Waals surface area contributed by atoms with E-state index in [-0.39, 0.29) is 30.2 Å². The van der Waals surface area contributed by atoms with E-state index in [1.54, 1.807) is 18.2 Å². The van der Waals surface area contributed by atoms with Gasteiger partial charge in [0.25, 0.3) is 5.91 Å². The fraction of sp³-hybridized carbons (Fsp3) is 0.250. The minimum Gasteiger partial charge on any atom is -0.495 e. The zero-order valence-electron chi connectivity index (χ0n) is 15.8. The van der Waals surface area contributed by atoms with Crippen LogP contribution in [-0.2, 0) is 9.59 Å². The quantitative estimate of drug-likeness (QED) is 0.659. The van der Waals surface area contributed by atoms with Crippen molar-refractivity contribution in [2.24, 2.45) is 0 Å². The molecule has 0 aliphatic heterocycles. The fourth-order valence-electron chi connectivity index (χ4n) is 2.39. The van der Waals surface area contributed by atoms with Gasteiger partial charge in [-0.1, -0.05) is 17.7 Å². The van der Waals surface area contributed by atoms with Crippen LogP contribution in [0, 0.1) is 6.92 Å². The second-order valence-electron chi connectivity index (χ2n) is 6.01. The number of nitrogens with one attached hydrogen (secondary N) is 2.